The van der Waals surface area contributed by atoms with E-state index in [0.29, 0.717) is 5.75 Å². The number of nitrogens with zero attached hydrogens (tertiary/aromatic N) is 2. The summed E-state index contributed by atoms with van der Waals surface area (Å²) >= 11 is 3.44. The number of esters is 1. The van der Waals surface area contributed by atoms with Crippen LogP contribution in [0.5, 0.6) is 11.6 Å². The number of ether oxygens (including phenoxy) is 2. The highest BCUT2D eigenvalue weighted by atomic mass is 79.9. The number of nitrogens with one attached hydrogen (secondary N) is 1. The first-order valence-corrected chi connectivity index (χ1v) is 7.97. The van der Waals surface area contributed by atoms with Crippen LogP contribution in [-0.4, -0.2) is 27.5 Å². The van der Waals surface area contributed by atoms with Gasteiger partial charge in [0.1, 0.15) is 11.9 Å². The summed E-state index contributed by atoms with van der Waals surface area (Å²) in [6.45, 7) is 0. The molecule has 0 saturated heterocycles. The highest BCUT2D eigenvalue weighted by Gasteiger charge is 2.29. The van der Waals surface area contributed by atoms with Crippen LogP contribution in [0.25, 0.3) is 10.8 Å². The summed E-state index contributed by atoms with van der Waals surface area (Å²) in [7, 11) is 0. The molecule has 1 aromatic heterocycles. The van der Waals surface area contributed by atoms with Crippen LogP contribution in [0.4, 0.5) is 0 Å². The van der Waals surface area contributed by atoms with E-state index in [9.17, 15) is 4.79 Å². The van der Waals surface area contributed by atoms with Gasteiger partial charge in [-0.1, -0.05) is 38.4 Å². The van der Waals surface area contributed by atoms with Gasteiger partial charge >= 0.3 is 5.97 Å². The minimum atomic E-state index is -0.489. The van der Waals surface area contributed by atoms with E-state index in [1.54, 1.807) is 0 Å². The third kappa shape index (κ3) is 3.05. The molecule has 0 aliphatic heterocycles. The molecule has 1 N–H and O–H groups in total. The summed E-state index contributed by atoms with van der Waals surface area (Å²) in [5.41, 5.74) is 0.132. The van der Waals surface area contributed by atoms with Gasteiger partial charge in [-0.05, 0) is 47.9 Å². The van der Waals surface area contributed by atoms with Gasteiger partial charge in [0, 0.05) is 4.47 Å². The number of aromatic amines is 1. The van der Waals surface area contributed by atoms with Crippen LogP contribution in [0.2, 0.25) is 0 Å². The molecule has 116 valence electrons. The molecule has 0 spiro atoms. The summed E-state index contributed by atoms with van der Waals surface area (Å²) in [6.07, 6.45) is 1.82. The van der Waals surface area contributed by atoms with Crippen molar-refractivity contribution in [3.05, 3.63) is 46.6 Å². The molecular weight excluding hydrogens is 362 g/mol. The molecule has 1 aliphatic carbocycles. The van der Waals surface area contributed by atoms with E-state index in [0.717, 1.165) is 28.1 Å². The summed E-state index contributed by atoms with van der Waals surface area (Å²) in [5.74, 6) is 0.207. The Bertz CT molecular complexity index is 889. The first-order valence-electron chi connectivity index (χ1n) is 7.18. The molecule has 0 atom stereocenters. The minimum Gasteiger partial charge on any atom is -0.458 e. The van der Waals surface area contributed by atoms with Crippen LogP contribution < -0.4 is 4.74 Å². The van der Waals surface area contributed by atoms with Crippen LogP contribution in [0.1, 0.15) is 23.3 Å². The van der Waals surface area contributed by atoms with Crippen molar-refractivity contribution in [1.82, 2.24) is 15.4 Å². The topological polar surface area (TPSA) is 77.1 Å². The highest BCUT2D eigenvalue weighted by molar-refractivity contribution is 9.10. The largest absolute Gasteiger partial charge is 0.458 e. The van der Waals surface area contributed by atoms with Gasteiger partial charge in [0.25, 0.3) is 5.88 Å². The number of fused-ring (bicyclic) bond motifs is 1. The van der Waals surface area contributed by atoms with Crippen molar-refractivity contribution in [2.24, 2.45) is 0 Å². The Morgan fingerprint density at radius 1 is 1.17 bits per heavy atom. The molecule has 1 heterocycles. The van der Waals surface area contributed by atoms with E-state index in [4.69, 9.17) is 9.47 Å². The Morgan fingerprint density at radius 2 is 1.96 bits per heavy atom. The number of halogens is 1. The Morgan fingerprint density at radius 3 is 2.78 bits per heavy atom. The molecule has 2 aromatic carbocycles. The number of hydrogen-bond acceptors (Lipinski definition) is 5. The van der Waals surface area contributed by atoms with Gasteiger partial charge in [0.05, 0.1) is 0 Å². The normalized spacial score (nSPS) is 14.0. The number of rotatable bonds is 4. The fourth-order valence-electron chi connectivity index (χ4n) is 2.19. The van der Waals surface area contributed by atoms with Gasteiger partial charge in [-0.25, -0.2) is 9.89 Å². The Balaban J connectivity index is 1.59. The maximum atomic E-state index is 12.0. The van der Waals surface area contributed by atoms with E-state index in [1.807, 2.05) is 36.4 Å². The monoisotopic (exact) mass is 373 g/mol. The van der Waals surface area contributed by atoms with E-state index < -0.39 is 5.97 Å². The van der Waals surface area contributed by atoms with Gasteiger partial charge in [-0.3, -0.25) is 0 Å². The highest BCUT2D eigenvalue weighted by Crippen LogP contribution is 2.29. The molecular formula is C16H12BrN3O3. The second kappa shape index (κ2) is 5.66. The molecule has 0 unspecified atom stereocenters. The van der Waals surface area contributed by atoms with Crippen LogP contribution in [0.15, 0.2) is 40.9 Å². The lowest BCUT2D eigenvalue weighted by Gasteiger charge is -2.06. The Labute approximate surface area is 139 Å². The Kier molecular flexibility index (Phi) is 3.49. The third-order valence-corrected chi connectivity index (χ3v) is 4.00. The molecule has 0 amide bonds. The molecule has 4 rings (SSSR count). The number of hydrogen-bond donors (Lipinski definition) is 1. The van der Waals surface area contributed by atoms with Gasteiger partial charge in [0.15, 0.2) is 0 Å². The van der Waals surface area contributed by atoms with Crippen molar-refractivity contribution in [3.63, 3.8) is 0 Å². The van der Waals surface area contributed by atoms with Crippen LogP contribution in [-0.2, 0) is 4.74 Å². The zero-order valence-corrected chi connectivity index (χ0v) is 13.5. The summed E-state index contributed by atoms with van der Waals surface area (Å²) in [6, 6.07) is 11.6. The molecule has 0 radical (unpaired) electrons. The maximum absolute atomic E-state index is 12.0. The molecule has 3 aromatic rings. The predicted octanol–water partition coefficient (Wildman–Crippen LogP) is 3.83. The lowest BCUT2D eigenvalue weighted by atomic mass is 10.1. The van der Waals surface area contributed by atoms with Crippen LogP contribution in [0, 0.1) is 0 Å². The second-order valence-electron chi connectivity index (χ2n) is 5.35. The molecule has 23 heavy (non-hydrogen) atoms. The summed E-state index contributed by atoms with van der Waals surface area (Å²) in [5, 5.41) is 12.1. The average molecular weight is 374 g/mol. The summed E-state index contributed by atoms with van der Waals surface area (Å²) < 4.78 is 11.9. The minimum absolute atomic E-state index is 0.0118. The lowest BCUT2D eigenvalue weighted by Crippen LogP contribution is -2.08. The van der Waals surface area contributed by atoms with Crippen molar-refractivity contribution in [2.45, 2.75) is 18.9 Å². The first-order chi connectivity index (χ1) is 11.2. The first kappa shape index (κ1) is 14.2. The van der Waals surface area contributed by atoms with Crippen molar-refractivity contribution < 1.29 is 14.3 Å². The van der Waals surface area contributed by atoms with E-state index in [1.165, 1.54) is 0 Å². The lowest BCUT2D eigenvalue weighted by molar-refractivity contribution is 0.0462. The van der Waals surface area contributed by atoms with Gasteiger partial charge in [-0.2, -0.15) is 0 Å². The maximum Gasteiger partial charge on any atom is 0.362 e. The molecule has 7 heteroatoms. The molecule has 0 bridgehead atoms. The number of benzene rings is 2. The smallest absolute Gasteiger partial charge is 0.362 e. The van der Waals surface area contributed by atoms with E-state index >= 15 is 0 Å². The SMILES string of the molecule is O=C(OC1CC1)c1[nH]nnc1Oc1ccc2cc(Br)ccc2c1. The van der Waals surface area contributed by atoms with Crippen LogP contribution >= 0.6 is 15.9 Å². The number of H-pyrrole nitrogens is 1. The van der Waals surface area contributed by atoms with E-state index in [2.05, 4.69) is 31.3 Å². The molecule has 6 nitrogen and oxygen atoms in total. The zero-order chi connectivity index (χ0) is 15.8. The van der Waals surface area contributed by atoms with Gasteiger partial charge in [0.2, 0.25) is 5.69 Å². The Hall–Kier alpha value is -2.41. The summed E-state index contributed by atoms with van der Waals surface area (Å²) in [4.78, 5) is 12.0. The number of carbonyl (C=O) groups is 1. The number of aromatic nitrogens is 3. The van der Waals surface area contributed by atoms with Crippen molar-refractivity contribution >= 4 is 32.7 Å². The van der Waals surface area contributed by atoms with Gasteiger partial charge < -0.3 is 9.47 Å². The predicted molar refractivity (Wildman–Crippen MR) is 86.5 cm³/mol. The van der Waals surface area contributed by atoms with Crippen LogP contribution in [0.3, 0.4) is 0 Å². The molecule has 1 aliphatic rings. The molecule has 1 fully saturated rings. The fraction of sp³-hybridized carbons (Fsp3) is 0.188. The zero-order valence-electron chi connectivity index (χ0n) is 12.0. The van der Waals surface area contributed by atoms with E-state index in [-0.39, 0.29) is 17.7 Å². The number of carbonyl (C=O) groups excluding carboxylic acids is 1. The molecule has 1 saturated carbocycles. The third-order valence-electron chi connectivity index (χ3n) is 3.51. The van der Waals surface area contributed by atoms with Crippen molar-refractivity contribution in [3.8, 4) is 11.6 Å². The van der Waals surface area contributed by atoms with Gasteiger partial charge in [-0.15, -0.1) is 0 Å². The van der Waals surface area contributed by atoms with Crippen molar-refractivity contribution in [2.75, 3.05) is 0 Å². The second-order valence-corrected chi connectivity index (χ2v) is 6.27. The average Bonchev–Trinajstić information content (AvgIpc) is 3.23. The standard InChI is InChI=1S/C16H12BrN3O3/c17-11-3-1-10-8-13(4-2-9(10)7-11)22-15-14(18-20-19-15)16(21)23-12-5-6-12/h1-4,7-8,12H,5-6H2,(H,18,19,20). The fourth-order valence-corrected chi connectivity index (χ4v) is 2.57. The van der Waals surface area contributed by atoms with Crippen molar-refractivity contribution in [1.29, 1.82) is 0 Å². The quantitative estimate of drug-likeness (QED) is 0.703.